The summed E-state index contributed by atoms with van der Waals surface area (Å²) in [6.07, 6.45) is 0. The van der Waals surface area contributed by atoms with Crippen LogP contribution in [-0.4, -0.2) is 13.1 Å². The summed E-state index contributed by atoms with van der Waals surface area (Å²) in [6, 6.07) is 7.52. The number of rotatable bonds is 2. The van der Waals surface area contributed by atoms with E-state index in [1.165, 1.54) is 7.11 Å². The van der Waals surface area contributed by atoms with Crippen molar-refractivity contribution >= 4 is 28.6 Å². The van der Waals surface area contributed by atoms with Crippen LogP contribution in [0, 0.1) is 14.9 Å². The van der Waals surface area contributed by atoms with Gasteiger partial charge in [-0.3, -0.25) is 4.79 Å². The predicted molar refractivity (Wildman–Crippen MR) is 68.9 cm³/mol. The zero-order valence-corrected chi connectivity index (χ0v) is 11.5. The number of nitriles is 1. The normalized spacial score (nSPS) is 10.7. The molecule has 0 bridgehead atoms. The number of ether oxygens (including phenoxy) is 1. The number of nitrogens with zero attached hydrogens (tertiary/aromatic N) is 1. The summed E-state index contributed by atoms with van der Waals surface area (Å²) in [7, 11) is 1.36. The molecule has 0 amide bonds. The Morgan fingerprint density at radius 1 is 1.50 bits per heavy atom. The highest BCUT2D eigenvalue weighted by Crippen LogP contribution is 2.27. The highest BCUT2D eigenvalue weighted by molar-refractivity contribution is 14.1. The standard InChI is InChI=1S/C12H12INO2/c1-12(2,11(15)16-3)9-4-5-10(13)8(6-9)7-14/h4-6H,1-3H3. The van der Waals surface area contributed by atoms with Crippen molar-refractivity contribution in [3.05, 3.63) is 32.9 Å². The van der Waals surface area contributed by atoms with Crippen molar-refractivity contribution < 1.29 is 9.53 Å². The fourth-order valence-corrected chi connectivity index (χ4v) is 1.83. The zero-order valence-electron chi connectivity index (χ0n) is 9.37. The van der Waals surface area contributed by atoms with E-state index in [-0.39, 0.29) is 5.97 Å². The molecular formula is C12H12INO2. The van der Waals surface area contributed by atoms with Gasteiger partial charge in [-0.1, -0.05) is 6.07 Å². The lowest BCUT2D eigenvalue weighted by Gasteiger charge is -2.22. The Labute approximate surface area is 109 Å². The molecule has 0 aliphatic heterocycles. The van der Waals surface area contributed by atoms with Crippen LogP contribution in [0.5, 0.6) is 0 Å². The first-order valence-electron chi connectivity index (χ1n) is 4.72. The summed E-state index contributed by atoms with van der Waals surface area (Å²) in [5.74, 6) is -0.308. The van der Waals surface area contributed by atoms with Gasteiger partial charge in [0, 0.05) is 3.57 Å². The first-order valence-corrected chi connectivity index (χ1v) is 5.80. The third-order valence-corrected chi connectivity index (χ3v) is 3.44. The molecule has 0 saturated carbocycles. The minimum Gasteiger partial charge on any atom is -0.468 e. The number of benzene rings is 1. The van der Waals surface area contributed by atoms with E-state index >= 15 is 0 Å². The second-order valence-corrected chi connectivity index (χ2v) is 5.09. The van der Waals surface area contributed by atoms with Gasteiger partial charge in [0.1, 0.15) is 6.07 Å². The van der Waals surface area contributed by atoms with E-state index in [9.17, 15) is 4.79 Å². The zero-order chi connectivity index (χ0) is 12.3. The summed E-state index contributed by atoms with van der Waals surface area (Å²) in [6.45, 7) is 3.56. The molecule has 0 heterocycles. The highest BCUT2D eigenvalue weighted by Gasteiger charge is 2.31. The van der Waals surface area contributed by atoms with Crippen molar-refractivity contribution in [1.82, 2.24) is 0 Å². The minimum atomic E-state index is -0.731. The molecule has 0 unspecified atom stereocenters. The molecule has 1 rings (SSSR count). The molecule has 1 aromatic rings. The monoisotopic (exact) mass is 329 g/mol. The summed E-state index contributed by atoms with van der Waals surface area (Å²) in [5, 5.41) is 8.93. The molecule has 0 aromatic heterocycles. The minimum absolute atomic E-state index is 0.308. The molecule has 0 spiro atoms. The van der Waals surface area contributed by atoms with Crippen LogP contribution in [0.2, 0.25) is 0 Å². The van der Waals surface area contributed by atoms with Gasteiger partial charge >= 0.3 is 5.97 Å². The van der Waals surface area contributed by atoms with Crippen LogP contribution in [-0.2, 0) is 14.9 Å². The van der Waals surface area contributed by atoms with Gasteiger partial charge in [0.25, 0.3) is 0 Å². The van der Waals surface area contributed by atoms with Crippen molar-refractivity contribution in [3.8, 4) is 6.07 Å². The highest BCUT2D eigenvalue weighted by atomic mass is 127. The number of hydrogen-bond acceptors (Lipinski definition) is 3. The summed E-state index contributed by atoms with van der Waals surface area (Å²) < 4.78 is 5.63. The van der Waals surface area contributed by atoms with E-state index in [2.05, 4.69) is 28.7 Å². The number of carbonyl (C=O) groups excluding carboxylic acids is 1. The van der Waals surface area contributed by atoms with Gasteiger partial charge in [-0.25, -0.2) is 0 Å². The van der Waals surface area contributed by atoms with Gasteiger partial charge in [-0.2, -0.15) is 5.26 Å². The number of methoxy groups -OCH3 is 1. The first-order chi connectivity index (χ1) is 7.43. The van der Waals surface area contributed by atoms with E-state index in [4.69, 9.17) is 10.00 Å². The van der Waals surface area contributed by atoms with Crippen molar-refractivity contribution in [2.75, 3.05) is 7.11 Å². The van der Waals surface area contributed by atoms with Gasteiger partial charge in [-0.15, -0.1) is 0 Å². The molecule has 16 heavy (non-hydrogen) atoms. The molecule has 0 aliphatic rings. The van der Waals surface area contributed by atoms with Crippen molar-refractivity contribution in [1.29, 1.82) is 5.26 Å². The maximum atomic E-state index is 11.6. The molecule has 1 aromatic carbocycles. The molecule has 0 saturated heterocycles. The summed E-state index contributed by atoms with van der Waals surface area (Å²) in [4.78, 5) is 11.6. The van der Waals surface area contributed by atoms with Crippen molar-refractivity contribution in [2.45, 2.75) is 19.3 Å². The number of hydrogen-bond donors (Lipinski definition) is 0. The van der Waals surface area contributed by atoms with Gasteiger partial charge < -0.3 is 4.74 Å². The van der Waals surface area contributed by atoms with Crippen LogP contribution in [0.15, 0.2) is 18.2 Å². The molecule has 0 atom stereocenters. The Bertz CT molecular complexity index is 461. The largest absolute Gasteiger partial charge is 0.468 e. The van der Waals surface area contributed by atoms with Crippen molar-refractivity contribution in [2.24, 2.45) is 0 Å². The smallest absolute Gasteiger partial charge is 0.315 e. The van der Waals surface area contributed by atoms with Crippen LogP contribution in [0.3, 0.4) is 0 Å². The third-order valence-electron chi connectivity index (χ3n) is 2.50. The van der Waals surface area contributed by atoms with Crippen LogP contribution in [0.25, 0.3) is 0 Å². The molecule has 0 radical (unpaired) electrons. The molecule has 0 aliphatic carbocycles. The third kappa shape index (κ3) is 2.35. The van der Waals surface area contributed by atoms with Crippen LogP contribution in [0.1, 0.15) is 25.0 Å². The number of halogens is 1. The van der Waals surface area contributed by atoms with Gasteiger partial charge in [0.05, 0.1) is 18.1 Å². The molecule has 84 valence electrons. The molecule has 3 nitrogen and oxygen atoms in total. The Kier molecular flexibility index (Phi) is 3.92. The lowest BCUT2D eigenvalue weighted by atomic mass is 9.84. The second-order valence-electron chi connectivity index (χ2n) is 3.92. The van der Waals surface area contributed by atoms with Crippen LogP contribution in [0.4, 0.5) is 0 Å². The van der Waals surface area contributed by atoms with E-state index in [0.717, 1.165) is 9.13 Å². The van der Waals surface area contributed by atoms with Gasteiger partial charge in [0.2, 0.25) is 0 Å². The fourth-order valence-electron chi connectivity index (χ4n) is 1.37. The molecule has 0 fully saturated rings. The van der Waals surface area contributed by atoms with Gasteiger partial charge in [-0.05, 0) is 54.1 Å². The van der Waals surface area contributed by atoms with Crippen LogP contribution >= 0.6 is 22.6 Å². The SMILES string of the molecule is COC(=O)C(C)(C)c1ccc(I)c(C#N)c1. The molecule has 0 N–H and O–H groups in total. The summed E-state index contributed by atoms with van der Waals surface area (Å²) in [5.41, 5.74) is 0.636. The average Bonchev–Trinajstić information content (AvgIpc) is 2.28. The Morgan fingerprint density at radius 2 is 2.12 bits per heavy atom. The van der Waals surface area contributed by atoms with E-state index in [1.54, 1.807) is 19.9 Å². The topological polar surface area (TPSA) is 50.1 Å². The Morgan fingerprint density at radius 3 is 2.62 bits per heavy atom. The Hall–Kier alpha value is -1.09. The Balaban J connectivity index is 3.25. The van der Waals surface area contributed by atoms with Crippen molar-refractivity contribution in [3.63, 3.8) is 0 Å². The molecular weight excluding hydrogens is 317 g/mol. The van der Waals surface area contributed by atoms with Gasteiger partial charge in [0.15, 0.2) is 0 Å². The first kappa shape index (κ1) is 13.0. The lowest BCUT2D eigenvalue weighted by Crippen LogP contribution is -2.30. The lowest BCUT2D eigenvalue weighted by molar-refractivity contribution is -0.146. The average molecular weight is 329 g/mol. The van der Waals surface area contributed by atoms with E-state index in [1.807, 2.05) is 12.1 Å². The maximum absolute atomic E-state index is 11.6. The maximum Gasteiger partial charge on any atom is 0.315 e. The van der Waals surface area contributed by atoms with Crippen LogP contribution < -0.4 is 0 Å². The second kappa shape index (κ2) is 4.83. The predicted octanol–water partition coefficient (Wildman–Crippen LogP) is 2.61. The molecule has 4 heteroatoms. The van der Waals surface area contributed by atoms with E-state index in [0.29, 0.717) is 5.56 Å². The quantitative estimate of drug-likeness (QED) is 0.619. The number of carbonyl (C=O) groups is 1. The van der Waals surface area contributed by atoms with E-state index < -0.39 is 5.41 Å². The number of esters is 1. The fraction of sp³-hybridized carbons (Fsp3) is 0.333. The summed E-state index contributed by atoms with van der Waals surface area (Å²) >= 11 is 2.09.